The molecule has 1 saturated carbocycles. The third kappa shape index (κ3) is 6.91. The van der Waals surface area contributed by atoms with Crippen molar-refractivity contribution in [3.05, 3.63) is 47.5 Å². The summed E-state index contributed by atoms with van der Waals surface area (Å²) in [5.41, 5.74) is 1.37. The second-order valence-corrected chi connectivity index (χ2v) is 12.7. The van der Waals surface area contributed by atoms with Crippen molar-refractivity contribution in [1.29, 1.82) is 0 Å². The minimum Gasteiger partial charge on any atom is -0.504 e. The Labute approximate surface area is 259 Å². The molecule has 10 nitrogen and oxygen atoms in total. The molecule has 0 bridgehead atoms. The van der Waals surface area contributed by atoms with E-state index in [-0.39, 0.29) is 46.8 Å². The fourth-order valence-corrected chi connectivity index (χ4v) is 7.02. The van der Waals surface area contributed by atoms with Gasteiger partial charge in [0, 0.05) is 11.8 Å². The van der Waals surface area contributed by atoms with E-state index in [1.54, 1.807) is 24.3 Å². The lowest BCUT2D eigenvalue weighted by atomic mass is 9.52. The summed E-state index contributed by atoms with van der Waals surface area (Å²) in [6.07, 6.45) is 3.82. The van der Waals surface area contributed by atoms with Gasteiger partial charge in [0.05, 0.1) is 39.3 Å². The molecule has 10 heteroatoms. The van der Waals surface area contributed by atoms with Crippen LogP contribution in [0.3, 0.4) is 0 Å². The highest BCUT2D eigenvalue weighted by Gasteiger charge is 2.60. The van der Waals surface area contributed by atoms with Crippen molar-refractivity contribution in [2.24, 2.45) is 23.7 Å². The SMILES string of the molecule is COc1cc(C2C(C(=O)OCC3CCN(C)CC3)C(c3ccc(O)c(OC)c3)C2C(=O)OCC2CCN(C)CC2)ccc1O. The van der Waals surface area contributed by atoms with Gasteiger partial charge in [0.15, 0.2) is 23.0 Å². The molecule has 0 unspecified atom stereocenters. The Kier molecular flexibility index (Phi) is 10.2. The van der Waals surface area contributed by atoms with E-state index in [1.165, 1.54) is 26.4 Å². The monoisotopic (exact) mass is 610 g/mol. The van der Waals surface area contributed by atoms with Crippen LogP contribution in [-0.4, -0.2) is 99.7 Å². The largest absolute Gasteiger partial charge is 0.504 e. The molecule has 2 aliphatic heterocycles. The number of nitrogens with zero attached hydrogens (tertiary/aromatic N) is 2. The zero-order valence-corrected chi connectivity index (χ0v) is 26.2. The predicted octanol–water partition coefficient (Wildman–Crippen LogP) is 4.00. The van der Waals surface area contributed by atoms with E-state index in [1.807, 2.05) is 0 Å². The number of hydrogen-bond acceptors (Lipinski definition) is 10. The molecule has 2 N–H and O–H groups in total. The fraction of sp³-hybridized carbons (Fsp3) is 0.588. The Hall–Kier alpha value is -3.50. The normalized spacial score (nSPS) is 25.2. The first kappa shape index (κ1) is 31.9. The maximum absolute atomic E-state index is 14.0. The van der Waals surface area contributed by atoms with Gasteiger partial charge in [-0.25, -0.2) is 0 Å². The Morgan fingerprint density at radius 3 is 1.39 bits per heavy atom. The summed E-state index contributed by atoms with van der Waals surface area (Å²) in [6.45, 7) is 4.49. The van der Waals surface area contributed by atoms with Gasteiger partial charge in [0.1, 0.15) is 0 Å². The van der Waals surface area contributed by atoms with Crippen LogP contribution in [0, 0.1) is 23.7 Å². The van der Waals surface area contributed by atoms with Crippen LogP contribution in [0.5, 0.6) is 23.0 Å². The van der Waals surface area contributed by atoms with Crippen LogP contribution in [0.2, 0.25) is 0 Å². The minimum atomic E-state index is -0.703. The summed E-state index contributed by atoms with van der Waals surface area (Å²) in [6, 6.07) is 9.86. The molecule has 240 valence electrons. The van der Waals surface area contributed by atoms with Crippen molar-refractivity contribution in [1.82, 2.24) is 9.80 Å². The van der Waals surface area contributed by atoms with Crippen molar-refractivity contribution in [2.45, 2.75) is 37.5 Å². The summed E-state index contributed by atoms with van der Waals surface area (Å²) in [5.74, 6) is -2.27. The van der Waals surface area contributed by atoms with Crippen LogP contribution < -0.4 is 9.47 Å². The number of methoxy groups -OCH3 is 2. The number of esters is 2. The molecule has 2 saturated heterocycles. The van der Waals surface area contributed by atoms with E-state index >= 15 is 0 Å². The van der Waals surface area contributed by atoms with Crippen LogP contribution in [0.25, 0.3) is 0 Å². The second-order valence-electron chi connectivity index (χ2n) is 12.7. The van der Waals surface area contributed by atoms with E-state index in [2.05, 4.69) is 23.9 Å². The number of aromatic hydroxyl groups is 2. The topological polar surface area (TPSA) is 118 Å². The molecule has 0 amide bonds. The van der Waals surface area contributed by atoms with Gasteiger partial charge in [-0.2, -0.15) is 0 Å². The van der Waals surface area contributed by atoms with Gasteiger partial charge >= 0.3 is 11.9 Å². The lowest BCUT2D eigenvalue weighted by Gasteiger charge is -2.50. The molecule has 3 aliphatic rings. The van der Waals surface area contributed by atoms with Gasteiger partial charge in [-0.1, -0.05) is 12.1 Å². The number of piperidine rings is 2. The second kappa shape index (κ2) is 14.1. The Morgan fingerprint density at radius 1 is 0.682 bits per heavy atom. The van der Waals surface area contributed by atoms with Crippen LogP contribution >= 0.6 is 0 Å². The zero-order valence-electron chi connectivity index (χ0n) is 26.2. The number of phenols is 2. The molecule has 2 aromatic carbocycles. The number of benzene rings is 2. The first-order valence-electron chi connectivity index (χ1n) is 15.6. The van der Waals surface area contributed by atoms with Crippen molar-refractivity contribution >= 4 is 11.9 Å². The summed E-state index contributed by atoms with van der Waals surface area (Å²) in [5, 5.41) is 20.6. The highest BCUT2D eigenvalue weighted by molar-refractivity contribution is 5.85. The molecular weight excluding hydrogens is 564 g/mol. The molecule has 2 heterocycles. The number of rotatable bonds is 10. The summed E-state index contributed by atoms with van der Waals surface area (Å²) >= 11 is 0. The van der Waals surface area contributed by atoms with Gasteiger partial charge in [-0.05, 0) is 113 Å². The van der Waals surface area contributed by atoms with Crippen molar-refractivity contribution in [3.63, 3.8) is 0 Å². The third-order valence-corrected chi connectivity index (χ3v) is 9.87. The molecule has 0 spiro atoms. The number of ether oxygens (including phenoxy) is 4. The maximum atomic E-state index is 14.0. The molecular formula is C34H46N2O8. The van der Waals surface area contributed by atoms with Gasteiger partial charge in [0.25, 0.3) is 0 Å². The van der Waals surface area contributed by atoms with Crippen molar-refractivity contribution in [3.8, 4) is 23.0 Å². The van der Waals surface area contributed by atoms with E-state index < -0.39 is 23.7 Å². The van der Waals surface area contributed by atoms with Crippen molar-refractivity contribution in [2.75, 3.05) is 67.7 Å². The number of phenolic OH excluding ortho intramolecular Hbond substituents is 2. The van der Waals surface area contributed by atoms with Gasteiger partial charge in [0.2, 0.25) is 0 Å². The molecule has 5 rings (SSSR count). The molecule has 44 heavy (non-hydrogen) atoms. The smallest absolute Gasteiger partial charge is 0.310 e. The molecule has 0 aromatic heterocycles. The number of hydrogen-bond donors (Lipinski definition) is 2. The first-order chi connectivity index (χ1) is 21.2. The quantitative estimate of drug-likeness (QED) is 0.382. The highest BCUT2D eigenvalue weighted by Crippen LogP contribution is 2.59. The van der Waals surface area contributed by atoms with Gasteiger partial charge in [-0.3, -0.25) is 9.59 Å². The van der Waals surface area contributed by atoms with Crippen LogP contribution in [0.1, 0.15) is 48.6 Å². The maximum Gasteiger partial charge on any atom is 0.310 e. The van der Waals surface area contributed by atoms with Crippen LogP contribution in [-0.2, 0) is 19.1 Å². The molecule has 0 radical (unpaired) electrons. The Morgan fingerprint density at radius 2 is 1.05 bits per heavy atom. The average Bonchev–Trinajstić information content (AvgIpc) is 3.01. The highest BCUT2D eigenvalue weighted by atomic mass is 16.5. The van der Waals surface area contributed by atoms with E-state index in [9.17, 15) is 19.8 Å². The molecule has 2 aromatic rings. The van der Waals surface area contributed by atoms with Gasteiger partial charge in [-0.15, -0.1) is 0 Å². The van der Waals surface area contributed by atoms with Gasteiger partial charge < -0.3 is 39.0 Å². The lowest BCUT2D eigenvalue weighted by Crippen LogP contribution is -2.52. The summed E-state index contributed by atoms with van der Waals surface area (Å²) in [4.78, 5) is 32.5. The minimum absolute atomic E-state index is 0.0295. The average molecular weight is 611 g/mol. The first-order valence-corrected chi connectivity index (χ1v) is 15.6. The van der Waals surface area contributed by atoms with Crippen LogP contribution in [0.4, 0.5) is 0 Å². The molecule has 1 aliphatic carbocycles. The third-order valence-electron chi connectivity index (χ3n) is 9.87. The Bertz CT molecular complexity index is 1190. The number of likely N-dealkylation sites (tertiary alicyclic amines) is 2. The zero-order chi connectivity index (χ0) is 31.4. The number of carbonyl (C=O) groups excluding carboxylic acids is 2. The van der Waals surface area contributed by atoms with Crippen molar-refractivity contribution < 1.29 is 38.7 Å². The van der Waals surface area contributed by atoms with E-state index in [0.717, 1.165) is 51.9 Å². The molecule has 3 fully saturated rings. The fourth-order valence-electron chi connectivity index (χ4n) is 7.02. The number of carbonyl (C=O) groups is 2. The van der Waals surface area contributed by atoms with E-state index in [4.69, 9.17) is 18.9 Å². The molecule has 0 atom stereocenters. The summed E-state index contributed by atoms with van der Waals surface area (Å²) in [7, 11) is 7.11. The Balaban J connectivity index is 1.46. The summed E-state index contributed by atoms with van der Waals surface area (Å²) < 4.78 is 22.8. The van der Waals surface area contributed by atoms with E-state index in [0.29, 0.717) is 24.3 Å². The van der Waals surface area contributed by atoms with Crippen LogP contribution in [0.15, 0.2) is 36.4 Å². The predicted molar refractivity (Wildman–Crippen MR) is 164 cm³/mol. The lowest BCUT2D eigenvalue weighted by molar-refractivity contribution is -0.169. The standard InChI is InChI=1S/C34H46N2O8/c1-35-13-9-21(10-14-35)19-43-33(39)31-29(23-5-7-25(37)27(17-23)41-3)32(30(31)24-6-8-26(38)28(18-24)42-4)34(40)44-20-22-11-15-36(2)16-12-22/h5-8,17-18,21-22,29-32,37-38H,9-16,19-20H2,1-4H3.